The van der Waals surface area contributed by atoms with E-state index in [1.165, 1.54) is 18.4 Å². The molecule has 0 spiro atoms. The van der Waals surface area contributed by atoms with Gasteiger partial charge in [-0.3, -0.25) is 0 Å². The Bertz CT molecular complexity index is 680. The van der Waals surface area contributed by atoms with Gasteiger partial charge in [0.2, 0.25) is 5.88 Å². The van der Waals surface area contributed by atoms with E-state index in [1.807, 2.05) is 0 Å². The van der Waals surface area contributed by atoms with Gasteiger partial charge in [-0.1, -0.05) is 13.0 Å². The summed E-state index contributed by atoms with van der Waals surface area (Å²) in [7, 11) is 0. The third kappa shape index (κ3) is 5.61. The van der Waals surface area contributed by atoms with Gasteiger partial charge in [0, 0.05) is 18.6 Å². The summed E-state index contributed by atoms with van der Waals surface area (Å²) in [5.74, 6) is 1.76. The van der Waals surface area contributed by atoms with Crippen LogP contribution in [-0.2, 0) is 9.53 Å². The first-order valence-corrected chi connectivity index (χ1v) is 10.3. The maximum absolute atomic E-state index is 11.1. The fourth-order valence-electron chi connectivity index (χ4n) is 3.95. The largest absolute Gasteiger partial charge is 0.477 e. The van der Waals surface area contributed by atoms with E-state index in [9.17, 15) is 4.79 Å². The highest BCUT2D eigenvalue weighted by molar-refractivity contribution is 5.75. The molecule has 1 heterocycles. The zero-order valence-corrected chi connectivity index (χ0v) is 16.9. The summed E-state index contributed by atoms with van der Waals surface area (Å²) in [6, 6.07) is 0. The maximum Gasteiger partial charge on any atom is 0.219 e. The van der Waals surface area contributed by atoms with Crippen molar-refractivity contribution in [1.29, 1.82) is 0 Å². The van der Waals surface area contributed by atoms with Crippen LogP contribution in [0, 0.1) is 18.8 Å². The molecule has 1 fully saturated rings. The van der Waals surface area contributed by atoms with Gasteiger partial charge < -0.3 is 14.3 Å². The fraction of sp³-hybridized carbons (Fsp3) is 0.682. The average molecular weight is 373 g/mol. The van der Waals surface area contributed by atoms with Crippen LogP contribution in [-0.4, -0.2) is 35.1 Å². The minimum Gasteiger partial charge on any atom is -0.477 e. The summed E-state index contributed by atoms with van der Waals surface area (Å²) in [5, 5.41) is 0. The first kappa shape index (κ1) is 20.0. The summed E-state index contributed by atoms with van der Waals surface area (Å²) >= 11 is 0. The second kappa shape index (κ2) is 9.45. The van der Waals surface area contributed by atoms with Crippen LogP contribution in [0.4, 0.5) is 0 Å². The van der Waals surface area contributed by atoms with Crippen LogP contribution in [0.25, 0.3) is 5.57 Å². The molecule has 0 unspecified atom stereocenters. The number of carbonyl (C=O) groups is 1. The van der Waals surface area contributed by atoms with Crippen molar-refractivity contribution >= 4 is 11.4 Å². The summed E-state index contributed by atoms with van der Waals surface area (Å²) in [6.07, 6.45) is 11.6. The number of carbonyl (C=O) groups excluding carboxylic acids is 1. The standard InChI is InChI=1S/C22H32N2O3/c1-15(9-16(2)25)12-26-20-10-18(11-20)13-27-22-17(3)21(23-14-24-22)19-7-5-4-6-8-19/h7,14-15,18,20H,4-6,8-13H2,1-3H3/t15-,18?,20?/m1/s1. The van der Waals surface area contributed by atoms with Gasteiger partial charge in [-0.15, -0.1) is 0 Å². The smallest absolute Gasteiger partial charge is 0.219 e. The van der Waals surface area contributed by atoms with Crippen molar-refractivity contribution in [3.05, 3.63) is 23.7 Å². The van der Waals surface area contributed by atoms with E-state index in [-0.39, 0.29) is 5.78 Å². The Kier molecular flexibility index (Phi) is 7.00. The number of nitrogens with zero attached hydrogens (tertiary/aromatic N) is 2. The lowest BCUT2D eigenvalue weighted by Crippen LogP contribution is -2.36. The molecular weight excluding hydrogens is 340 g/mol. The molecule has 3 rings (SSSR count). The Morgan fingerprint density at radius 1 is 1.30 bits per heavy atom. The Hall–Kier alpha value is -1.75. The Morgan fingerprint density at radius 3 is 2.81 bits per heavy atom. The van der Waals surface area contributed by atoms with Crippen molar-refractivity contribution in [2.45, 2.75) is 71.8 Å². The molecule has 0 N–H and O–H groups in total. The minimum atomic E-state index is 0.231. The third-order valence-corrected chi connectivity index (χ3v) is 5.53. The number of ketones is 1. The molecule has 0 bridgehead atoms. The van der Waals surface area contributed by atoms with Gasteiger partial charge in [-0.25, -0.2) is 9.97 Å². The molecule has 0 saturated heterocycles. The average Bonchev–Trinajstić information content (AvgIpc) is 2.61. The van der Waals surface area contributed by atoms with Crippen molar-refractivity contribution in [3.8, 4) is 5.88 Å². The van der Waals surface area contributed by atoms with Crippen LogP contribution in [0.3, 0.4) is 0 Å². The molecule has 0 aliphatic heterocycles. The second-order valence-electron chi connectivity index (χ2n) is 8.24. The number of ether oxygens (including phenoxy) is 2. The Balaban J connectivity index is 1.43. The van der Waals surface area contributed by atoms with E-state index in [0.29, 0.717) is 43.5 Å². The molecule has 27 heavy (non-hydrogen) atoms. The highest BCUT2D eigenvalue weighted by Crippen LogP contribution is 2.33. The van der Waals surface area contributed by atoms with Crippen molar-refractivity contribution in [1.82, 2.24) is 9.97 Å². The molecule has 2 aliphatic carbocycles. The summed E-state index contributed by atoms with van der Waals surface area (Å²) in [4.78, 5) is 20.0. The van der Waals surface area contributed by atoms with Crippen LogP contribution in [0.5, 0.6) is 5.88 Å². The summed E-state index contributed by atoms with van der Waals surface area (Å²) in [5.41, 5.74) is 3.44. The first-order chi connectivity index (χ1) is 13.0. The topological polar surface area (TPSA) is 61.3 Å². The lowest BCUT2D eigenvalue weighted by Gasteiger charge is -2.35. The molecule has 1 aromatic heterocycles. The van der Waals surface area contributed by atoms with E-state index >= 15 is 0 Å². The predicted octanol–water partition coefficient (Wildman–Crippen LogP) is 4.53. The summed E-state index contributed by atoms with van der Waals surface area (Å²) < 4.78 is 11.9. The molecule has 1 aromatic rings. The van der Waals surface area contributed by atoms with Crippen LogP contribution in [0.15, 0.2) is 12.4 Å². The SMILES string of the molecule is CC(=O)C[C@@H](C)COC1CC(COc2ncnc(C3=CCCCC3)c2C)C1. The zero-order chi connectivity index (χ0) is 19.2. The van der Waals surface area contributed by atoms with Crippen LogP contribution >= 0.6 is 0 Å². The number of aromatic nitrogens is 2. The van der Waals surface area contributed by atoms with Crippen LogP contribution < -0.4 is 4.74 Å². The predicted molar refractivity (Wildman–Crippen MR) is 106 cm³/mol. The van der Waals surface area contributed by atoms with Crippen molar-refractivity contribution in [2.24, 2.45) is 11.8 Å². The molecule has 5 heteroatoms. The van der Waals surface area contributed by atoms with Gasteiger partial charge in [0.1, 0.15) is 12.1 Å². The number of hydrogen-bond acceptors (Lipinski definition) is 5. The molecule has 148 valence electrons. The van der Waals surface area contributed by atoms with E-state index in [4.69, 9.17) is 9.47 Å². The highest BCUT2D eigenvalue weighted by atomic mass is 16.5. The fourth-order valence-corrected chi connectivity index (χ4v) is 3.95. The third-order valence-electron chi connectivity index (χ3n) is 5.53. The van der Waals surface area contributed by atoms with Crippen LogP contribution in [0.1, 0.15) is 70.1 Å². The lowest BCUT2D eigenvalue weighted by molar-refractivity contribution is -0.119. The maximum atomic E-state index is 11.1. The van der Waals surface area contributed by atoms with E-state index in [2.05, 4.69) is 29.9 Å². The first-order valence-electron chi connectivity index (χ1n) is 10.3. The quantitative estimate of drug-likeness (QED) is 0.637. The molecular formula is C22H32N2O3. The molecule has 1 saturated carbocycles. The highest BCUT2D eigenvalue weighted by Gasteiger charge is 2.31. The number of rotatable bonds is 9. The Morgan fingerprint density at radius 2 is 2.11 bits per heavy atom. The van der Waals surface area contributed by atoms with Crippen molar-refractivity contribution in [3.63, 3.8) is 0 Å². The van der Waals surface area contributed by atoms with Gasteiger partial charge >= 0.3 is 0 Å². The number of Topliss-reactive ketones (excluding diaryl/α,β-unsaturated/α-hetero) is 1. The molecule has 5 nitrogen and oxygen atoms in total. The van der Waals surface area contributed by atoms with Crippen molar-refractivity contribution in [2.75, 3.05) is 13.2 Å². The number of allylic oxidation sites excluding steroid dienone is 2. The molecule has 0 amide bonds. The zero-order valence-electron chi connectivity index (χ0n) is 16.9. The van der Waals surface area contributed by atoms with Gasteiger partial charge in [-0.05, 0) is 69.8 Å². The van der Waals surface area contributed by atoms with E-state index in [1.54, 1.807) is 13.3 Å². The second-order valence-corrected chi connectivity index (χ2v) is 8.24. The monoisotopic (exact) mass is 372 g/mol. The van der Waals surface area contributed by atoms with Crippen molar-refractivity contribution < 1.29 is 14.3 Å². The van der Waals surface area contributed by atoms with Gasteiger partial charge in [0.05, 0.1) is 18.4 Å². The number of hydrogen-bond donors (Lipinski definition) is 0. The molecule has 2 aliphatic rings. The normalized spacial score (nSPS) is 23.3. The van der Waals surface area contributed by atoms with Gasteiger partial charge in [0.15, 0.2) is 0 Å². The minimum absolute atomic E-state index is 0.231. The van der Waals surface area contributed by atoms with E-state index in [0.717, 1.165) is 36.9 Å². The Labute approximate surface area is 162 Å². The summed E-state index contributed by atoms with van der Waals surface area (Å²) in [6.45, 7) is 7.11. The molecule has 0 aromatic carbocycles. The van der Waals surface area contributed by atoms with Gasteiger partial charge in [-0.2, -0.15) is 0 Å². The lowest BCUT2D eigenvalue weighted by atomic mass is 9.83. The van der Waals surface area contributed by atoms with Crippen LogP contribution in [0.2, 0.25) is 0 Å². The molecule has 0 radical (unpaired) electrons. The van der Waals surface area contributed by atoms with Gasteiger partial charge in [0.25, 0.3) is 0 Å². The van der Waals surface area contributed by atoms with E-state index < -0.39 is 0 Å². The molecule has 1 atom stereocenters.